The third-order valence-corrected chi connectivity index (χ3v) is 5.25. The van der Waals surface area contributed by atoms with E-state index in [-0.39, 0.29) is 0 Å². The Hall–Kier alpha value is -3.73. The number of hydrogen-bond donors (Lipinski definition) is 0. The Labute approximate surface area is 169 Å². The molecule has 0 aliphatic carbocycles. The molecular weight excluding hydrogens is 358 g/mol. The first-order valence-electron chi connectivity index (χ1n) is 9.63. The lowest BCUT2D eigenvalue weighted by molar-refractivity contribution is 0.870. The molecular formula is C24H21N5. The van der Waals surface area contributed by atoms with Gasteiger partial charge in [-0.25, -0.2) is 14.6 Å². The number of fused-ring (bicyclic) bond motifs is 1. The molecule has 0 aliphatic heterocycles. The number of imidazole rings is 1. The molecule has 0 amide bonds. The van der Waals surface area contributed by atoms with Crippen LogP contribution < -0.4 is 0 Å². The number of hydrogen-bond acceptors (Lipinski definition) is 3. The topological polar surface area (TPSA) is 48.5 Å². The zero-order chi connectivity index (χ0) is 20.0. The molecule has 29 heavy (non-hydrogen) atoms. The normalized spacial score (nSPS) is 11.3. The predicted molar refractivity (Wildman–Crippen MR) is 116 cm³/mol. The van der Waals surface area contributed by atoms with Gasteiger partial charge in [0.25, 0.3) is 0 Å². The number of aryl methyl sites for hydroxylation is 3. The van der Waals surface area contributed by atoms with Gasteiger partial charge in [0, 0.05) is 11.3 Å². The van der Waals surface area contributed by atoms with Crippen LogP contribution in [0.25, 0.3) is 33.8 Å². The highest BCUT2D eigenvalue weighted by Gasteiger charge is 2.18. The quantitative estimate of drug-likeness (QED) is 0.433. The van der Waals surface area contributed by atoms with Gasteiger partial charge in [-0.15, -0.1) is 0 Å². The molecule has 0 N–H and O–H groups in total. The summed E-state index contributed by atoms with van der Waals surface area (Å²) in [6.07, 6.45) is 3.48. The summed E-state index contributed by atoms with van der Waals surface area (Å²) in [5.74, 6) is 0.795. The van der Waals surface area contributed by atoms with Crippen LogP contribution >= 0.6 is 0 Å². The fourth-order valence-electron chi connectivity index (χ4n) is 4.11. The molecule has 5 aromatic rings. The fraction of sp³-hybridized carbons (Fsp3) is 0.125. The summed E-state index contributed by atoms with van der Waals surface area (Å²) in [5, 5.41) is 4.56. The smallest absolute Gasteiger partial charge is 0.165 e. The van der Waals surface area contributed by atoms with Crippen LogP contribution in [0.3, 0.4) is 0 Å². The van der Waals surface area contributed by atoms with Crippen molar-refractivity contribution in [3.63, 3.8) is 0 Å². The monoisotopic (exact) mass is 379 g/mol. The predicted octanol–water partition coefficient (Wildman–Crippen LogP) is 5.20. The van der Waals surface area contributed by atoms with Crippen LogP contribution in [0.2, 0.25) is 0 Å². The van der Waals surface area contributed by atoms with E-state index in [9.17, 15) is 0 Å². The number of benzene rings is 3. The van der Waals surface area contributed by atoms with Crippen LogP contribution in [0.1, 0.15) is 16.7 Å². The Morgan fingerprint density at radius 2 is 1.55 bits per heavy atom. The van der Waals surface area contributed by atoms with Gasteiger partial charge < -0.3 is 0 Å². The van der Waals surface area contributed by atoms with Gasteiger partial charge in [0.05, 0.1) is 16.7 Å². The maximum Gasteiger partial charge on any atom is 0.165 e. The molecule has 0 aliphatic rings. The second kappa shape index (κ2) is 6.71. The van der Waals surface area contributed by atoms with Crippen LogP contribution in [0.4, 0.5) is 0 Å². The van der Waals surface area contributed by atoms with E-state index in [4.69, 9.17) is 4.98 Å². The van der Waals surface area contributed by atoms with Crippen molar-refractivity contribution in [1.82, 2.24) is 24.3 Å². The van der Waals surface area contributed by atoms with Gasteiger partial charge in [-0.3, -0.25) is 4.57 Å². The zero-order valence-corrected chi connectivity index (χ0v) is 16.7. The fourth-order valence-corrected chi connectivity index (χ4v) is 4.11. The van der Waals surface area contributed by atoms with E-state index in [2.05, 4.69) is 71.8 Å². The van der Waals surface area contributed by atoms with Gasteiger partial charge in [0.15, 0.2) is 5.82 Å². The number of rotatable bonds is 3. The minimum absolute atomic E-state index is 0.795. The first kappa shape index (κ1) is 17.4. The molecule has 5 heteroatoms. The van der Waals surface area contributed by atoms with Crippen molar-refractivity contribution in [2.45, 2.75) is 20.8 Å². The van der Waals surface area contributed by atoms with Crippen LogP contribution in [-0.2, 0) is 0 Å². The zero-order valence-electron chi connectivity index (χ0n) is 16.7. The van der Waals surface area contributed by atoms with Crippen molar-refractivity contribution in [1.29, 1.82) is 0 Å². The summed E-state index contributed by atoms with van der Waals surface area (Å²) in [6, 6.07) is 20.8. The Morgan fingerprint density at radius 1 is 0.793 bits per heavy atom. The molecule has 0 bridgehead atoms. The van der Waals surface area contributed by atoms with Gasteiger partial charge in [-0.2, -0.15) is 5.10 Å². The Kier molecular flexibility index (Phi) is 4.02. The van der Waals surface area contributed by atoms with Gasteiger partial charge in [-0.05, 0) is 56.2 Å². The van der Waals surface area contributed by atoms with E-state index in [1.54, 1.807) is 6.33 Å². The Bertz CT molecular complexity index is 1310. The Morgan fingerprint density at radius 3 is 2.31 bits per heavy atom. The SMILES string of the molecule is Cc1cc(C)c(-n2ncnc2-c2cccc3c2ncn3-c2ccccc2)c(C)c1. The first-order chi connectivity index (χ1) is 14.1. The summed E-state index contributed by atoms with van der Waals surface area (Å²) < 4.78 is 4.03. The van der Waals surface area contributed by atoms with Crippen molar-refractivity contribution in [2.24, 2.45) is 0 Å². The van der Waals surface area contributed by atoms with Gasteiger partial charge in [0.1, 0.15) is 12.7 Å². The lowest BCUT2D eigenvalue weighted by Gasteiger charge is -2.14. The lowest BCUT2D eigenvalue weighted by Crippen LogP contribution is -2.05. The molecule has 0 saturated heterocycles. The van der Waals surface area contributed by atoms with E-state index in [0.717, 1.165) is 33.8 Å². The minimum atomic E-state index is 0.795. The molecule has 5 rings (SSSR count). The van der Waals surface area contributed by atoms with Crippen molar-refractivity contribution < 1.29 is 0 Å². The molecule has 142 valence electrons. The van der Waals surface area contributed by atoms with E-state index >= 15 is 0 Å². The lowest BCUT2D eigenvalue weighted by atomic mass is 10.0. The number of aromatic nitrogens is 5. The highest BCUT2D eigenvalue weighted by molar-refractivity contribution is 5.91. The molecule has 0 saturated carbocycles. The average Bonchev–Trinajstić information content (AvgIpc) is 3.35. The molecule has 3 aromatic carbocycles. The third kappa shape index (κ3) is 2.83. The maximum absolute atomic E-state index is 4.73. The van der Waals surface area contributed by atoms with Crippen LogP contribution in [0.15, 0.2) is 73.3 Å². The second-order valence-electron chi connectivity index (χ2n) is 7.37. The largest absolute Gasteiger partial charge is 0.299 e. The first-order valence-corrected chi connectivity index (χ1v) is 9.63. The van der Waals surface area contributed by atoms with Gasteiger partial charge in [-0.1, -0.05) is 42.0 Å². The van der Waals surface area contributed by atoms with E-state index in [1.165, 1.54) is 16.7 Å². The van der Waals surface area contributed by atoms with Crippen molar-refractivity contribution in [3.8, 4) is 22.8 Å². The summed E-state index contributed by atoms with van der Waals surface area (Å²) in [5.41, 5.74) is 8.67. The average molecular weight is 379 g/mol. The molecule has 5 nitrogen and oxygen atoms in total. The van der Waals surface area contributed by atoms with Gasteiger partial charge >= 0.3 is 0 Å². The van der Waals surface area contributed by atoms with Crippen LogP contribution in [0, 0.1) is 20.8 Å². The van der Waals surface area contributed by atoms with Crippen LogP contribution in [0.5, 0.6) is 0 Å². The highest BCUT2D eigenvalue weighted by atomic mass is 15.3. The van der Waals surface area contributed by atoms with E-state index < -0.39 is 0 Å². The van der Waals surface area contributed by atoms with E-state index in [0.29, 0.717) is 0 Å². The van der Waals surface area contributed by atoms with Crippen molar-refractivity contribution in [2.75, 3.05) is 0 Å². The second-order valence-corrected chi connectivity index (χ2v) is 7.37. The molecule has 0 atom stereocenters. The van der Waals surface area contributed by atoms with E-state index in [1.807, 2.05) is 35.3 Å². The van der Waals surface area contributed by atoms with Crippen molar-refractivity contribution in [3.05, 3.63) is 90.0 Å². The summed E-state index contributed by atoms with van der Waals surface area (Å²) in [7, 11) is 0. The summed E-state index contributed by atoms with van der Waals surface area (Å²) in [6.45, 7) is 6.35. The maximum atomic E-state index is 4.73. The number of nitrogens with zero attached hydrogens (tertiary/aromatic N) is 5. The summed E-state index contributed by atoms with van der Waals surface area (Å²) in [4.78, 5) is 9.33. The molecule has 2 aromatic heterocycles. The third-order valence-electron chi connectivity index (χ3n) is 5.25. The van der Waals surface area contributed by atoms with Crippen LogP contribution in [-0.4, -0.2) is 24.3 Å². The van der Waals surface area contributed by atoms with Gasteiger partial charge in [0.2, 0.25) is 0 Å². The highest BCUT2D eigenvalue weighted by Crippen LogP contribution is 2.31. The number of para-hydroxylation sites is 2. The molecule has 0 radical (unpaired) electrons. The molecule has 0 spiro atoms. The minimum Gasteiger partial charge on any atom is -0.299 e. The molecule has 0 unspecified atom stereocenters. The standard InChI is InChI=1S/C24H21N5/c1-16-12-17(2)23(18(3)13-16)29-24(25-14-27-29)20-10-7-11-21-22(20)26-15-28(21)19-8-5-4-6-9-19/h4-15H,1-3H3. The van der Waals surface area contributed by atoms with Crippen molar-refractivity contribution >= 4 is 11.0 Å². The summed E-state index contributed by atoms with van der Waals surface area (Å²) >= 11 is 0. The molecule has 2 heterocycles. The Balaban J connectivity index is 1.72. The molecule has 0 fully saturated rings.